The van der Waals surface area contributed by atoms with Gasteiger partial charge in [0.25, 0.3) is 5.79 Å². The molecule has 33 heavy (non-hydrogen) atoms. The number of fused-ring (bicyclic) bond motifs is 2. The molecule has 0 atom stereocenters. The highest BCUT2D eigenvalue weighted by Gasteiger charge is 2.54. The number of carbonyl (C=O) groups is 2. The lowest BCUT2D eigenvalue weighted by Gasteiger charge is -2.51. The van der Waals surface area contributed by atoms with Gasteiger partial charge in [0.2, 0.25) is 0 Å². The minimum Gasteiger partial charge on any atom is -0.450 e. The maximum atomic E-state index is 12.2. The zero-order valence-electron chi connectivity index (χ0n) is 19.2. The van der Waals surface area contributed by atoms with Crippen LogP contribution in [-0.2, 0) is 10.8 Å². The Kier molecular flexibility index (Phi) is 5.81. The van der Waals surface area contributed by atoms with Gasteiger partial charge in [0.05, 0.1) is 31.2 Å². The van der Waals surface area contributed by atoms with E-state index >= 15 is 0 Å². The summed E-state index contributed by atoms with van der Waals surface area (Å²) >= 11 is 26.2. The molecule has 0 aromatic heterocycles. The SMILES string of the molecule is CC(=O)c1c(Cl)cc2c(c1Cl)OC1(CC2(C)C)CC(C)(C)c2cc(Cl)c(C(C)=O)c(Cl)c2O1. The molecule has 2 aromatic carbocycles. The fourth-order valence-corrected chi connectivity index (χ4v) is 6.71. The lowest BCUT2D eigenvalue weighted by Crippen LogP contribution is -2.56. The van der Waals surface area contributed by atoms with Crippen molar-refractivity contribution < 1.29 is 19.1 Å². The van der Waals surface area contributed by atoms with Crippen LogP contribution in [0.25, 0.3) is 0 Å². The van der Waals surface area contributed by atoms with Gasteiger partial charge in [-0.25, -0.2) is 0 Å². The molecular weight excluding hydrogens is 506 g/mol. The molecule has 0 amide bonds. The van der Waals surface area contributed by atoms with Gasteiger partial charge in [-0.05, 0) is 26.0 Å². The molecular formula is C25H24Cl4O4. The van der Waals surface area contributed by atoms with Crippen molar-refractivity contribution in [3.8, 4) is 11.5 Å². The summed E-state index contributed by atoms with van der Waals surface area (Å²) in [6.07, 6.45) is 0.937. The molecule has 0 N–H and O–H groups in total. The van der Waals surface area contributed by atoms with Gasteiger partial charge in [-0.3, -0.25) is 9.59 Å². The first kappa shape index (κ1) is 24.7. The van der Waals surface area contributed by atoms with Crippen LogP contribution in [0.4, 0.5) is 0 Å². The maximum absolute atomic E-state index is 12.2. The number of hydrogen-bond donors (Lipinski definition) is 0. The highest BCUT2D eigenvalue weighted by atomic mass is 35.5. The van der Waals surface area contributed by atoms with Crippen molar-refractivity contribution in [2.45, 2.75) is 71.0 Å². The number of rotatable bonds is 2. The van der Waals surface area contributed by atoms with Crippen molar-refractivity contribution in [2.75, 3.05) is 0 Å². The van der Waals surface area contributed by atoms with E-state index in [9.17, 15) is 9.59 Å². The molecule has 2 aliphatic heterocycles. The molecule has 2 aliphatic rings. The molecule has 8 heteroatoms. The topological polar surface area (TPSA) is 52.6 Å². The summed E-state index contributed by atoms with van der Waals surface area (Å²) in [4.78, 5) is 24.5. The van der Waals surface area contributed by atoms with Gasteiger partial charge >= 0.3 is 0 Å². The average molecular weight is 530 g/mol. The Morgan fingerprint density at radius 3 is 1.36 bits per heavy atom. The predicted molar refractivity (Wildman–Crippen MR) is 132 cm³/mol. The van der Waals surface area contributed by atoms with E-state index in [1.165, 1.54) is 13.8 Å². The summed E-state index contributed by atoms with van der Waals surface area (Å²) in [5, 5.41) is 0.905. The average Bonchev–Trinajstić information content (AvgIpc) is 2.63. The third-order valence-electron chi connectivity index (χ3n) is 6.51. The lowest BCUT2D eigenvalue weighted by molar-refractivity contribution is -0.166. The zero-order chi connectivity index (χ0) is 24.7. The number of ether oxygens (including phenoxy) is 2. The molecule has 0 aliphatic carbocycles. The second-order valence-electron chi connectivity index (χ2n) is 10.2. The minimum atomic E-state index is -1.13. The highest BCUT2D eigenvalue weighted by molar-refractivity contribution is 6.41. The molecule has 176 valence electrons. The summed E-state index contributed by atoms with van der Waals surface area (Å²) < 4.78 is 13.0. The Morgan fingerprint density at radius 1 is 0.727 bits per heavy atom. The van der Waals surface area contributed by atoms with Gasteiger partial charge in [0, 0.05) is 34.8 Å². The first-order valence-electron chi connectivity index (χ1n) is 10.5. The molecule has 4 rings (SSSR count). The summed E-state index contributed by atoms with van der Waals surface area (Å²) in [6, 6.07) is 3.49. The van der Waals surface area contributed by atoms with Crippen molar-refractivity contribution in [2.24, 2.45) is 0 Å². The highest BCUT2D eigenvalue weighted by Crippen LogP contribution is 2.58. The second kappa shape index (κ2) is 7.78. The number of benzene rings is 2. The van der Waals surface area contributed by atoms with Gasteiger partial charge < -0.3 is 9.47 Å². The molecule has 1 spiro atoms. The summed E-state index contributed by atoms with van der Waals surface area (Å²) in [5.74, 6) is -0.901. The van der Waals surface area contributed by atoms with Gasteiger partial charge in [-0.15, -0.1) is 0 Å². The first-order valence-corrected chi connectivity index (χ1v) is 12.1. The molecule has 0 radical (unpaired) electrons. The smallest absolute Gasteiger partial charge is 0.253 e. The van der Waals surface area contributed by atoms with E-state index < -0.39 is 16.6 Å². The molecule has 0 saturated heterocycles. The molecule has 0 unspecified atom stereocenters. The predicted octanol–water partition coefficient (Wildman–Crippen LogP) is 8.22. The van der Waals surface area contributed by atoms with Gasteiger partial charge in [-0.2, -0.15) is 0 Å². The van der Waals surface area contributed by atoms with E-state index in [0.717, 1.165) is 11.1 Å². The Bertz CT molecular complexity index is 1130. The maximum Gasteiger partial charge on any atom is 0.253 e. The molecule has 2 heterocycles. The monoisotopic (exact) mass is 528 g/mol. The van der Waals surface area contributed by atoms with Crippen LogP contribution in [0.2, 0.25) is 20.1 Å². The van der Waals surface area contributed by atoms with Gasteiger partial charge in [0.1, 0.15) is 11.5 Å². The van der Waals surface area contributed by atoms with Gasteiger partial charge in [-0.1, -0.05) is 74.1 Å². The van der Waals surface area contributed by atoms with Crippen LogP contribution in [0.1, 0.15) is 86.2 Å². The standard InChI is InChI=1S/C25H24Cl4O4/c1-11(30)17-15(26)7-13-21(19(17)28)32-25(9-23(13,3)4)10-24(5,6)14-8-16(27)18(12(2)31)20(29)22(14)33-25/h7-8H,9-10H2,1-6H3. The number of hydrogen-bond acceptors (Lipinski definition) is 4. The molecule has 0 bridgehead atoms. The fourth-order valence-electron chi connectivity index (χ4n) is 5.19. The van der Waals surface area contributed by atoms with Crippen LogP contribution in [0.15, 0.2) is 12.1 Å². The summed E-state index contributed by atoms with van der Waals surface area (Å²) in [6.45, 7) is 11.0. The normalized spacial score (nSPS) is 19.2. The summed E-state index contributed by atoms with van der Waals surface area (Å²) in [7, 11) is 0. The fraction of sp³-hybridized carbons (Fsp3) is 0.440. The van der Waals surface area contributed by atoms with E-state index in [0.29, 0.717) is 24.3 Å². The van der Waals surface area contributed by atoms with Crippen molar-refractivity contribution >= 4 is 58.0 Å². The number of Topliss-reactive ketones (excluding diaryl/α,β-unsaturated/α-hetero) is 2. The van der Waals surface area contributed by atoms with Crippen molar-refractivity contribution in [3.05, 3.63) is 54.5 Å². The van der Waals surface area contributed by atoms with Crippen LogP contribution in [0.3, 0.4) is 0 Å². The Hall–Kier alpha value is -1.46. The van der Waals surface area contributed by atoms with Gasteiger partial charge in [0.15, 0.2) is 11.6 Å². The number of carbonyl (C=O) groups excluding carboxylic acids is 2. The lowest BCUT2D eigenvalue weighted by atomic mass is 9.69. The van der Waals surface area contributed by atoms with Crippen molar-refractivity contribution in [3.63, 3.8) is 0 Å². The first-order chi connectivity index (χ1) is 15.1. The minimum absolute atomic E-state index is 0.163. The number of ketones is 2. The molecule has 0 saturated carbocycles. The van der Waals surface area contributed by atoms with E-state index in [2.05, 4.69) is 0 Å². The zero-order valence-corrected chi connectivity index (χ0v) is 22.2. The third-order valence-corrected chi connectivity index (χ3v) is 7.83. The second-order valence-corrected chi connectivity index (χ2v) is 11.8. The Morgan fingerprint density at radius 2 is 1.06 bits per heavy atom. The Balaban J connectivity index is 1.94. The van der Waals surface area contributed by atoms with E-state index in [1.54, 1.807) is 12.1 Å². The van der Waals surface area contributed by atoms with Crippen LogP contribution < -0.4 is 9.47 Å². The van der Waals surface area contributed by atoms with Crippen LogP contribution in [0.5, 0.6) is 11.5 Å². The third kappa shape index (κ3) is 3.83. The quantitative estimate of drug-likeness (QED) is 0.367. The van der Waals surface area contributed by atoms with E-state index in [-0.39, 0.29) is 42.8 Å². The molecule has 2 aromatic rings. The number of halogens is 4. The largest absolute Gasteiger partial charge is 0.450 e. The van der Waals surface area contributed by atoms with Crippen LogP contribution in [0, 0.1) is 0 Å². The molecule has 0 fully saturated rings. The van der Waals surface area contributed by atoms with E-state index in [4.69, 9.17) is 55.9 Å². The van der Waals surface area contributed by atoms with Crippen molar-refractivity contribution in [1.82, 2.24) is 0 Å². The van der Waals surface area contributed by atoms with Crippen LogP contribution >= 0.6 is 46.4 Å². The summed E-state index contributed by atoms with van der Waals surface area (Å²) in [5.41, 5.74) is 1.12. The molecule has 4 nitrogen and oxygen atoms in total. The Labute approximate surface area is 213 Å². The van der Waals surface area contributed by atoms with E-state index in [1.807, 2.05) is 27.7 Å². The van der Waals surface area contributed by atoms with Crippen molar-refractivity contribution in [1.29, 1.82) is 0 Å². The van der Waals surface area contributed by atoms with Crippen LogP contribution in [-0.4, -0.2) is 17.4 Å².